The Morgan fingerprint density at radius 3 is 2.34 bits per heavy atom. The van der Waals surface area contributed by atoms with E-state index in [0.717, 1.165) is 5.56 Å². The molecule has 2 aromatic carbocycles. The molecule has 0 aliphatic heterocycles. The van der Waals surface area contributed by atoms with Gasteiger partial charge in [0.2, 0.25) is 0 Å². The van der Waals surface area contributed by atoms with E-state index in [0.29, 0.717) is 17.2 Å². The lowest BCUT2D eigenvalue weighted by Gasteiger charge is -2.09. The van der Waals surface area contributed by atoms with Crippen molar-refractivity contribution in [1.82, 2.24) is 5.43 Å². The highest BCUT2D eigenvalue weighted by atomic mass is 16.6. The minimum atomic E-state index is -0.427. The molecule has 0 aliphatic carbocycles. The molecule has 0 spiro atoms. The fraction of sp³-hybridized carbons (Fsp3) is 0.286. The van der Waals surface area contributed by atoms with Gasteiger partial charge >= 0.3 is 5.97 Å². The van der Waals surface area contributed by atoms with E-state index in [1.807, 2.05) is 6.07 Å². The second-order valence-electron chi connectivity index (χ2n) is 6.13. The molecule has 2 aromatic rings. The zero-order chi connectivity index (χ0) is 21.1. The lowest BCUT2D eigenvalue weighted by atomic mass is 10.2. The number of benzene rings is 2. The van der Waals surface area contributed by atoms with Crippen molar-refractivity contribution in [3.05, 3.63) is 54.1 Å². The summed E-state index contributed by atoms with van der Waals surface area (Å²) in [5.41, 5.74) is 3.13. The van der Waals surface area contributed by atoms with Crippen LogP contribution in [0.25, 0.3) is 0 Å². The Labute approximate surface area is 169 Å². The number of nitrogens with one attached hydrogen (secondary N) is 1. The average molecular weight is 400 g/mol. The van der Waals surface area contributed by atoms with Crippen molar-refractivity contribution in [2.75, 3.05) is 20.3 Å². The van der Waals surface area contributed by atoms with Gasteiger partial charge in [0.25, 0.3) is 5.91 Å². The van der Waals surface area contributed by atoms with E-state index in [9.17, 15) is 9.59 Å². The normalized spacial score (nSPS) is 10.6. The third kappa shape index (κ3) is 7.92. The van der Waals surface area contributed by atoms with Crippen molar-refractivity contribution in [1.29, 1.82) is 0 Å². The molecule has 0 heterocycles. The molecule has 0 atom stereocenters. The molecular weight excluding hydrogens is 376 g/mol. The number of hydrazone groups is 1. The summed E-state index contributed by atoms with van der Waals surface area (Å²) in [6.45, 7) is 3.19. The van der Waals surface area contributed by atoms with Gasteiger partial charge in [-0.1, -0.05) is 12.1 Å². The van der Waals surface area contributed by atoms with Crippen LogP contribution in [-0.4, -0.2) is 44.5 Å². The van der Waals surface area contributed by atoms with Crippen molar-refractivity contribution in [2.45, 2.75) is 20.0 Å². The topological polar surface area (TPSA) is 95.5 Å². The molecule has 0 saturated carbocycles. The maximum absolute atomic E-state index is 11.8. The number of amides is 1. The standard InChI is InChI=1S/C21H24N2O6/c1-15(2)29-21(25)14-27-17-10-8-16(9-11-17)12-22-23-20(24)13-28-19-7-5-4-6-18(19)26-3/h4-12,15H,13-14H2,1-3H3,(H,23,24)/b22-12+. The van der Waals surface area contributed by atoms with Gasteiger partial charge in [-0.2, -0.15) is 5.10 Å². The van der Waals surface area contributed by atoms with Crippen molar-refractivity contribution >= 4 is 18.1 Å². The highest BCUT2D eigenvalue weighted by Crippen LogP contribution is 2.25. The van der Waals surface area contributed by atoms with Crippen molar-refractivity contribution in [2.24, 2.45) is 5.10 Å². The number of para-hydroxylation sites is 2. The smallest absolute Gasteiger partial charge is 0.344 e. The van der Waals surface area contributed by atoms with Crippen LogP contribution in [0.1, 0.15) is 19.4 Å². The van der Waals surface area contributed by atoms with E-state index in [4.69, 9.17) is 18.9 Å². The quantitative estimate of drug-likeness (QED) is 0.374. The Morgan fingerprint density at radius 1 is 1.00 bits per heavy atom. The molecule has 0 unspecified atom stereocenters. The van der Waals surface area contributed by atoms with E-state index in [2.05, 4.69) is 10.5 Å². The van der Waals surface area contributed by atoms with Gasteiger partial charge in [-0.3, -0.25) is 4.79 Å². The Morgan fingerprint density at radius 2 is 1.69 bits per heavy atom. The highest BCUT2D eigenvalue weighted by Gasteiger charge is 2.07. The number of hydrogen-bond acceptors (Lipinski definition) is 7. The Balaban J connectivity index is 1.75. The molecule has 2 rings (SSSR count). The number of rotatable bonds is 10. The first-order valence-corrected chi connectivity index (χ1v) is 8.98. The second-order valence-corrected chi connectivity index (χ2v) is 6.13. The number of methoxy groups -OCH3 is 1. The van der Waals surface area contributed by atoms with Crippen LogP contribution in [0.5, 0.6) is 17.2 Å². The van der Waals surface area contributed by atoms with E-state index in [1.54, 1.807) is 56.3 Å². The molecule has 0 radical (unpaired) electrons. The molecule has 1 amide bonds. The molecule has 8 heteroatoms. The summed E-state index contributed by atoms with van der Waals surface area (Å²) < 4.78 is 20.9. The third-order valence-corrected chi connectivity index (χ3v) is 3.43. The van der Waals surface area contributed by atoms with Gasteiger partial charge in [0.1, 0.15) is 5.75 Å². The van der Waals surface area contributed by atoms with Crippen LogP contribution in [0, 0.1) is 0 Å². The van der Waals surface area contributed by atoms with Crippen LogP contribution >= 0.6 is 0 Å². The number of hydrogen-bond donors (Lipinski definition) is 1. The number of carbonyl (C=O) groups is 2. The maximum atomic E-state index is 11.8. The minimum absolute atomic E-state index is 0.159. The monoisotopic (exact) mass is 400 g/mol. The van der Waals surface area contributed by atoms with Crippen molar-refractivity contribution < 1.29 is 28.5 Å². The maximum Gasteiger partial charge on any atom is 0.344 e. The first-order chi connectivity index (χ1) is 14.0. The summed E-state index contributed by atoms with van der Waals surface area (Å²) in [4.78, 5) is 23.3. The summed E-state index contributed by atoms with van der Waals surface area (Å²) in [6.07, 6.45) is 1.30. The molecule has 154 valence electrons. The molecule has 29 heavy (non-hydrogen) atoms. The van der Waals surface area contributed by atoms with Gasteiger partial charge < -0.3 is 18.9 Å². The molecule has 0 aliphatic rings. The molecule has 1 N–H and O–H groups in total. The lowest BCUT2D eigenvalue weighted by Crippen LogP contribution is -2.24. The first kappa shape index (κ1) is 21.7. The first-order valence-electron chi connectivity index (χ1n) is 8.98. The zero-order valence-corrected chi connectivity index (χ0v) is 16.6. The Kier molecular flexibility index (Phi) is 8.50. The molecule has 0 fully saturated rings. The fourth-order valence-corrected chi connectivity index (χ4v) is 2.18. The number of nitrogens with zero attached hydrogens (tertiary/aromatic N) is 1. The van der Waals surface area contributed by atoms with Gasteiger partial charge in [0.05, 0.1) is 19.4 Å². The predicted molar refractivity (Wildman–Crippen MR) is 107 cm³/mol. The Bertz CT molecular complexity index is 833. The number of esters is 1. The minimum Gasteiger partial charge on any atom is -0.493 e. The van der Waals surface area contributed by atoms with E-state index in [1.165, 1.54) is 13.3 Å². The van der Waals surface area contributed by atoms with Crippen LogP contribution in [0.4, 0.5) is 0 Å². The molecule has 0 aromatic heterocycles. The van der Waals surface area contributed by atoms with E-state index >= 15 is 0 Å². The summed E-state index contributed by atoms with van der Waals surface area (Å²) in [7, 11) is 1.53. The molecule has 0 bridgehead atoms. The Hall–Kier alpha value is -3.55. The van der Waals surface area contributed by atoms with Gasteiger partial charge in [-0.15, -0.1) is 0 Å². The van der Waals surface area contributed by atoms with Crippen LogP contribution in [0.15, 0.2) is 53.6 Å². The van der Waals surface area contributed by atoms with Gasteiger partial charge in [0.15, 0.2) is 24.7 Å². The molecule has 0 saturated heterocycles. The van der Waals surface area contributed by atoms with Crippen LogP contribution in [0.3, 0.4) is 0 Å². The van der Waals surface area contributed by atoms with Crippen LogP contribution in [0.2, 0.25) is 0 Å². The largest absolute Gasteiger partial charge is 0.493 e. The average Bonchev–Trinajstić information content (AvgIpc) is 2.71. The second kappa shape index (κ2) is 11.3. The summed E-state index contributed by atoms with van der Waals surface area (Å²) >= 11 is 0. The van der Waals surface area contributed by atoms with Gasteiger partial charge in [-0.05, 0) is 55.8 Å². The van der Waals surface area contributed by atoms with Crippen molar-refractivity contribution in [3.63, 3.8) is 0 Å². The number of carbonyl (C=O) groups excluding carboxylic acids is 2. The van der Waals surface area contributed by atoms with E-state index < -0.39 is 11.9 Å². The van der Waals surface area contributed by atoms with Gasteiger partial charge in [-0.25, -0.2) is 10.2 Å². The summed E-state index contributed by atoms with van der Waals surface area (Å²) in [5.74, 6) is 0.710. The van der Waals surface area contributed by atoms with Crippen molar-refractivity contribution in [3.8, 4) is 17.2 Å². The molecule has 8 nitrogen and oxygen atoms in total. The van der Waals surface area contributed by atoms with Gasteiger partial charge in [0, 0.05) is 0 Å². The van der Waals surface area contributed by atoms with Crippen LogP contribution in [-0.2, 0) is 14.3 Å². The SMILES string of the molecule is COc1ccccc1OCC(=O)N/N=C/c1ccc(OCC(=O)OC(C)C)cc1. The van der Waals surface area contributed by atoms with E-state index in [-0.39, 0.29) is 19.3 Å². The summed E-state index contributed by atoms with van der Waals surface area (Å²) in [6, 6.07) is 13.9. The lowest BCUT2D eigenvalue weighted by molar-refractivity contribution is -0.149. The fourth-order valence-electron chi connectivity index (χ4n) is 2.18. The number of ether oxygens (including phenoxy) is 4. The zero-order valence-electron chi connectivity index (χ0n) is 16.6. The summed E-state index contributed by atoms with van der Waals surface area (Å²) in [5, 5.41) is 3.88. The van der Waals surface area contributed by atoms with Crippen LogP contribution < -0.4 is 19.6 Å². The molecular formula is C21H24N2O6. The third-order valence-electron chi connectivity index (χ3n) is 3.43. The highest BCUT2D eigenvalue weighted by molar-refractivity contribution is 5.83. The predicted octanol–water partition coefficient (Wildman–Crippen LogP) is 2.55.